The molecule has 0 aliphatic carbocycles. The van der Waals surface area contributed by atoms with Gasteiger partial charge < -0.3 is 5.32 Å². The molecule has 0 radical (unpaired) electrons. The first-order valence-corrected chi connectivity index (χ1v) is 8.08. The summed E-state index contributed by atoms with van der Waals surface area (Å²) in [5.41, 5.74) is 4.83. The van der Waals surface area contributed by atoms with Gasteiger partial charge in [-0.25, -0.2) is 9.97 Å². The van der Waals surface area contributed by atoms with E-state index < -0.39 is 0 Å². The molecule has 0 saturated carbocycles. The number of anilines is 1. The van der Waals surface area contributed by atoms with Crippen molar-refractivity contribution in [3.05, 3.63) is 58.8 Å². The van der Waals surface area contributed by atoms with E-state index in [9.17, 15) is 0 Å². The Hall–Kier alpha value is -2.80. The first-order valence-electron chi connectivity index (χ1n) is 7.20. The van der Waals surface area contributed by atoms with E-state index in [4.69, 9.17) is 0 Å². The lowest BCUT2D eigenvalue weighted by molar-refractivity contribution is 0.927. The molecule has 0 aliphatic rings. The lowest BCUT2D eigenvalue weighted by Crippen LogP contribution is -2.06. The summed E-state index contributed by atoms with van der Waals surface area (Å²) in [5.74, 6) is 1.44. The highest BCUT2D eigenvalue weighted by Gasteiger charge is 2.10. The van der Waals surface area contributed by atoms with Gasteiger partial charge in [-0.1, -0.05) is 30.3 Å². The van der Waals surface area contributed by atoms with Gasteiger partial charge in [0.2, 0.25) is 0 Å². The predicted octanol–water partition coefficient (Wildman–Crippen LogP) is 3.17. The van der Waals surface area contributed by atoms with Crippen LogP contribution < -0.4 is 5.32 Å². The third-order valence-electron chi connectivity index (χ3n) is 3.60. The van der Waals surface area contributed by atoms with Crippen LogP contribution in [0, 0.1) is 6.92 Å². The van der Waals surface area contributed by atoms with Gasteiger partial charge in [0.05, 0.1) is 23.4 Å². The van der Waals surface area contributed by atoms with E-state index in [1.807, 2.05) is 48.8 Å². The summed E-state index contributed by atoms with van der Waals surface area (Å²) in [4.78, 5) is 14.3. The summed E-state index contributed by atoms with van der Waals surface area (Å²) in [7, 11) is 0. The number of thiazole rings is 1. The number of hydrogen-bond donors (Lipinski definition) is 1. The summed E-state index contributed by atoms with van der Waals surface area (Å²) in [6, 6.07) is 12.1. The van der Waals surface area contributed by atoms with E-state index in [0.29, 0.717) is 12.3 Å². The quantitative estimate of drug-likeness (QED) is 0.625. The van der Waals surface area contributed by atoms with Crippen molar-refractivity contribution < 1.29 is 0 Å². The number of fused-ring (bicyclic) bond motifs is 1. The van der Waals surface area contributed by atoms with E-state index >= 15 is 0 Å². The van der Waals surface area contributed by atoms with Crippen molar-refractivity contribution in [2.75, 3.05) is 5.32 Å². The number of benzene rings is 1. The monoisotopic (exact) mass is 322 g/mol. The van der Waals surface area contributed by atoms with Crippen LogP contribution in [0.1, 0.15) is 10.6 Å². The number of rotatable bonds is 4. The van der Waals surface area contributed by atoms with Crippen LogP contribution in [0.5, 0.6) is 0 Å². The minimum Gasteiger partial charge on any atom is -0.365 e. The van der Waals surface area contributed by atoms with Gasteiger partial charge in [0, 0.05) is 16.5 Å². The van der Waals surface area contributed by atoms with E-state index in [1.54, 1.807) is 15.9 Å². The van der Waals surface area contributed by atoms with Gasteiger partial charge >= 0.3 is 0 Å². The number of hydrogen-bond acceptors (Lipinski definition) is 6. The minimum absolute atomic E-state index is 0.579. The zero-order valence-electron chi connectivity index (χ0n) is 12.5. The Morgan fingerprint density at radius 1 is 1.17 bits per heavy atom. The molecule has 1 N–H and O–H groups in total. The summed E-state index contributed by atoms with van der Waals surface area (Å²) in [6.07, 6.45) is 1.51. The fourth-order valence-corrected chi connectivity index (χ4v) is 3.08. The molecule has 7 heteroatoms. The Balaban J connectivity index is 1.73. The van der Waals surface area contributed by atoms with Crippen molar-refractivity contribution in [1.29, 1.82) is 0 Å². The Morgan fingerprint density at radius 3 is 2.83 bits per heavy atom. The largest absolute Gasteiger partial charge is 0.365 e. The molecule has 3 aromatic heterocycles. The van der Waals surface area contributed by atoms with Crippen LogP contribution in [0.2, 0.25) is 0 Å². The number of nitrogens with zero attached hydrogens (tertiary/aromatic N) is 5. The van der Waals surface area contributed by atoms with Gasteiger partial charge in [0.1, 0.15) is 12.1 Å². The van der Waals surface area contributed by atoms with E-state index in [0.717, 1.165) is 22.8 Å². The maximum atomic E-state index is 4.57. The molecule has 4 aromatic rings. The highest BCUT2D eigenvalue weighted by molar-refractivity contribution is 7.09. The van der Waals surface area contributed by atoms with Crippen LogP contribution >= 0.6 is 11.3 Å². The molecule has 6 nitrogen and oxygen atoms in total. The van der Waals surface area contributed by atoms with Gasteiger partial charge in [-0.2, -0.15) is 14.6 Å². The van der Waals surface area contributed by atoms with Crippen molar-refractivity contribution in [2.45, 2.75) is 13.5 Å². The zero-order chi connectivity index (χ0) is 15.6. The highest BCUT2D eigenvalue weighted by atomic mass is 32.1. The van der Waals surface area contributed by atoms with Gasteiger partial charge in [0.15, 0.2) is 0 Å². The number of nitrogens with one attached hydrogen (secondary N) is 1. The second-order valence-electron chi connectivity index (χ2n) is 5.08. The fourth-order valence-electron chi connectivity index (χ4n) is 2.36. The second-order valence-corrected chi connectivity index (χ2v) is 6.02. The SMILES string of the molecule is Cc1ncsc1CNc1cc(-c2ccccc2)nc2ncnn12. The average Bonchev–Trinajstić information content (AvgIpc) is 3.22. The molecule has 0 spiro atoms. The van der Waals surface area contributed by atoms with Crippen molar-refractivity contribution in [1.82, 2.24) is 24.6 Å². The van der Waals surface area contributed by atoms with Crippen molar-refractivity contribution in [2.24, 2.45) is 0 Å². The van der Waals surface area contributed by atoms with Crippen molar-refractivity contribution in [3.8, 4) is 11.3 Å². The topological polar surface area (TPSA) is 68.0 Å². The molecular formula is C16H14N6S. The lowest BCUT2D eigenvalue weighted by atomic mass is 10.1. The molecule has 0 unspecified atom stereocenters. The third kappa shape index (κ3) is 2.66. The summed E-state index contributed by atoms with van der Waals surface area (Å²) in [5, 5.41) is 7.66. The van der Waals surface area contributed by atoms with Crippen LogP contribution in [0.25, 0.3) is 17.0 Å². The van der Waals surface area contributed by atoms with Crippen LogP contribution in [0.3, 0.4) is 0 Å². The Labute approximate surface area is 136 Å². The molecule has 0 aliphatic heterocycles. The second kappa shape index (κ2) is 5.77. The fraction of sp³-hybridized carbons (Fsp3) is 0.125. The molecule has 0 bridgehead atoms. The first-order chi connectivity index (χ1) is 11.3. The molecular weight excluding hydrogens is 308 g/mol. The van der Waals surface area contributed by atoms with Crippen LogP contribution in [0.15, 0.2) is 48.2 Å². The van der Waals surface area contributed by atoms with Crippen LogP contribution in [-0.4, -0.2) is 24.6 Å². The smallest absolute Gasteiger partial charge is 0.254 e. The van der Waals surface area contributed by atoms with E-state index in [1.165, 1.54) is 11.2 Å². The van der Waals surface area contributed by atoms with Gasteiger partial charge in [-0.15, -0.1) is 11.3 Å². The summed E-state index contributed by atoms with van der Waals surface area (Å²) in [6.45, 7) is 2.71. The molecule has 0 amide bonds. The highest BCUT2D eigenvalue weighted by Crippen LogP contribution is 2.22. The van der Waals surface area contributed by atoms with Crippen molar-refractivity contribution in [3.63, 3.8) is 0 Å². The van der Waals surface area contributed by atoms with E-state index in [2.05, 4.69) is 25.4 Å². The van der Waals surface area contributed by atoms with E-state index in [-0.39, 0.29) is 0 Å². The Kier molecular flexibility index (Phi) is 3.47. The molecule has 23 heavy (non-hydrogen) atoms. The van der Waals surface area contributed by atoms with Crippen LogP contribution in [0.4, 0.5) is 5.82 Å². The standard InChI is InChI=1S/C16H14N6S/c1-11-14(23-10-19-11)8-17-15-7-13(12-5-3-2-4-6-12)21-16-18-9-20-22(15)16/h2-7,9-10,17H,8H2,1H3. The summed E-state index contributed by atoms with van der Waals surface area (Å²) >= 11 is 1.64. The normalized spacial score (nSPS) is 11.0. The van der Waals surface area contributed by atoms with Crippen LogP contribution in [-0.2, 0) is 6.54 Å². The predicted molar refractivity (Wildman–Crippen MR) is 90.4 cm³/mol. The maximum absolute atomic E-state index is 4.57. The number of aromatic nitrogens is 5. The lowest BCUT2D eigenvalue weighted by Gasteiger charge is -2.09. The zero-order valence-corrected chi connectivity index (χ0v) is 13.3. The third-order valence-corrected chi connectivity index (χ3v) is 4.53. The molecule has 0 saturated heterocycles. The summed E-state index contributed by atoms with van der Waals surface area (Å²) < 4.78 is 1.71. The van der Waals surface area contributed by atoms with Crippen molar-refractivity contribution >= 4 is 22.9 Å². The van der Waals surface area contributed by atoms with Gasteiger partial charge in [0.25, 0.3) is 5.78 Å². The number of aryl methyl sites for hydroxylation is 1. The Morgan fingerprint density at radius 2 is 2.04 bits per heavy atom. The molecule has 0 fully saturated rings. The Bertz CT molecular complexity index is 944. The molecule has 3 heterocycles. The minimum atomic E-state index is 0.579. The van der Waals surface area contributed by atoms with Gasteiger partial charge in [-0.05, 0) is 6.92 Å². The molecule has 1 aromatic carbocycles. The first kappa shape index (κ1) is 13.8. The average molecular weight is 322 g/mol. The van der Waals surface area contributed by atoms with Gasteiger partial charge in [-0.3, -0.25) is 0 Å². The molecule has 4 rings (SSSR count). The molecule has 114 valence electrons. The maximum Gasteiger partial charge on any atom is 0.254 e. The molecule has 0 atom stereocenters.